The smallest absolute Gasteiger partial charge is 0.0572 e. The van der Waals surface area contributed by atoms with Gasteiger partial charge in [-0.2, -0.15) is 0 Å². The molecular formula is C15H22O. The van der Waals surface area contributed by atoms with Crippen LogP contribution in [0.15, 0.2) is 23.8 Å². The lowest BCUT2D eigenvalue weighted by Gasteiger charge is -2.27. The fourth-order valence-corrected chi connectivity index (χ4v) is 4.05. The molecule has 2 unspecified atom stereocenters. The highest BCUT2D eigenvalue weighted by Crippen LogP contribution is 2.58. The molecule has 88 valence electrons. The minimum atomic E-state index is -0.207. The number of hydrogen-bond acceptors (Lipinski definition) is 1. The normalized spacial score (nSPS) is 46.3. The first kappa shape index (κ1) is 10.6. The lowest BCUT2D eigenvalue weighted by molar-refractivity contribution is 0.156. The van der Waals surface area contributed by atoms with Crippen molar-refractivity contribution in [2.75, 3.05) is 0 Å². The monoisotopic (exact) mass is 218 g/mol. The first-order valence-electron chi connectivity index (χ1n) is 6.72. The van der Waals surface area contributed by atoms with E-state index in [0.29, 0.717) is 5.92 Å². The first-order chi connectivity index (χ1) is 7.66. The maximum Gasteiger partial charge on any atom is 0.0572 e. The predicted octanol–water partition coefficient (Wildman–Crippen LogP) is 3.16. The van der Waals surface area contributed by atoms with Crippen LogP contribution in [0.4, 0.5) is 0 Å². The minimum absolute atomic E-state index is 0.207. The zero-order valence-electron chi connectivity index (χ0n) is 10.3. The van der Waals surface area contributed by atoms with Crippen LogP contribution in [0.2, 0.25) is 0 Å². The van der Waals surface area contributed by atoms with Crippen molar-refractivity contribution in [1.82, 2.24) is 0 Å². The number of fused-ring (bicyclic) bond motifs is 5. The Kier molecular flexibility index (Phi) is 2.47. The van der Waals surface area contributed by atoms with Gasteiger partial charge in [-0.25, -0.2) is 0 Å². The fourth-order valence-electron chi connectivity index (χ4n) is 4.05. The third-order valence-electron chi connectivity index (χ3n) is 5.10. The van der Waals surface area contributed by atoms with Crippen molar-refractivity contribution >= 4 is 0 Å². The van der Waals surface area contributed by atoms with Crippen molar-refractivity contribution in [3.63, 3.8) is 0 Å². The average Bonchev–Trinajstić information content (AvgIpc) is 2.87. The van der Waals surface area contributed by atoms with Gasteiger partial charge in [0.15, 0.2) is 0 Å². The summed E-state index contributed by atoms with van der Waals surface area (Å²) in [5, 5.41) is 9.58. The molecule has 0 spiro atoms. The lowest BCUT2D eigenvalue weighted by atomic mass is 9.78. The molecule has 2 saturated carbocycles. The lowest BCUT2D eigenvalue weighted by Crippen LogP contribution is -2.20. The van der Waals surface area contributed by atoms with Gasteiger partial charge >= 0.3 is 0 Å². The van der Waals surface area contributed by atoms with E-state index in [1.165, 1.54) is 19.3 Å². The first-order valence-corrected chi connectivity index (χ1v) is 6.72. The Morgan fingerprint density at radius 1 is 1.44 bits per heavy atom. The Hall–Kier alpha value is -0.560. The van der Waals surface area contributed by atoms with Crippen molar-refractivity contribution < 1.29 is 5.11 Å². The van der Waals surface area contributed by atoms with Gasteiger partial charge in [0.1, 0.15) is 0 Å². The highest BCUT2D eigenvalue weighted by atomic mass is 16.3. The molecule has 3 rings (SSSR count). The van der Waals surface area contributed by atoms with Gasteiger partial charge in [0.2, 0.25) is 0 Å². The molecule has 0 aromatic heterocycles. The molecule has 1 nitrogen and oxygen atoms in total. The van der Waals surface area contributed by atoms with Crippen LogP contribution in [-0.4, -0.2) is 11.2 Å². The Bertz CT molecular complexity index is 339. The summed E-state index contributed by atoms with van der Waals surface area (Å²) in [7, 11) is 0. The van der Waals surface area contributed by atoms with E-state index in [9.17, 15) is 5.11 Å². The SMILES string of the molecule is C[C@H](O)[C@H](C)/C=C1\CC2CC1[C@@H]1C=CC[C@H]21. The largest absolute Gasteiger partial charge is 0.393 e. The number of allylic oxidation sites excluding steroid dienone is 3. The van der Waals surface area contributed by atoms with Crippen LogP contribution in [-0.2, 0) is 0 Å². The third-order valence-corrected chi connectivity index (χ3v) is 5.10. The summed E-state index contributed by atoms with van der Waals surface area (Å²) in [6, 6.07) is 0. The standard InChI is InChI=1S/C15H22O/c1-9(10(2)16)6-11-7-12-8-15(11)14-5-3-4-13(12)14/h3,5-6,9-10,12-16H,4,7-8H2,1-2H3/b11-6+/t9-,10+,12?,13-,14-,15?/m1/s1. The van der Waals surface area contributed by atoms with E-state index in [1.54, 1.807) is 5.57 Å². The molecule has 0 aliphatic heterocycles. The predicted molar refractivity (Wildman–Crippen MR) is 65.9 cm³/mol. The van der Waals surface area contributed by atoms with Gasteiger partial charge < -0.3 is 5.11 Å². The van der Waals surface area contributed by atoms with Gasteiger partial charge in [-0.05, 0) is 55.8 Å². The highest BCUT2D eigenvalue weighted by Gasteiger charge is 2.49. The van der Waals surface area contributed by atoms with Crippen LogP contribution in [0.5, 0.6) is 0 Å². The van der Waals surface area contributed by atoms with E-state index in [2.05, 4.69) is 25.2 Å². The summed E-state index contributed by atoms with van der Waals surface area (Å²) < 4.78 is 0. The van der Waals surface area contributed by atoms with E-state index >= 15 is 0 Å². The minimum Gasteiger partial charge on any atom is -0.393 e. The topological polar surface area (TPSA) is 20.2 Å². The quantitative estimate of drug-likeness (QED) is 0.706. The number of aliphatic hydroxyl groups is 1. The second-order valence-corrected chi connectivity index (χ2v) is 6.05. The molecule has 3 aliphatic carbocycles. The van der Waals surface area contributed by atoms with E-state index in [4.69, 9.17) is 0 Å². The molecule has 16 heavy (non-hydrogen) atoms. The summed E-state index contributed by atoms with van der Waals surface area (Å²) in [6.45, 7) is 4.03. The van der Waals surface area contributed by atoms with Crippen LogP contribution < -0.4 is 0 Å². The van der Waals surface area contributed by atoms with Gasteiger partial charge in [0, 0.05) is 0 Å². The van der Waals surface area contributed by atoms with E-state index in [0.717, 1.165) is 23.7 Å². The fraction of sp³-hybridized carbons (Fsp3) is 0.733. The summed E-state index contributed by atoms with van der Waals surface area (Å²) in [4.78, 5) is 0. The number of aliphatic hydroxyl groups excluding tert-OH is 1. The summed E-state index contributed by atoms with van der Waals surface area (Å²) in [6.07, 6.45) is 11.0. The van der Waals surface area contributed by atoms with Crippen LogP contribution >= 0.6 is 0 Å². The average molecular weight is 218 g/mol. The van der Waals surface area contributed by atoms with Gasteiger partial charge in [-0.3, -0.25) is 0 Å². The second-order valence-electron chi connectivity index (χ2n) is 6.05. The van der Waals surface area contributed by atoms with Gasteiger partial charge in [-0.15, -0.1) is 0 Å². The highest BCUT2D eigenvalue weighted by molar-refractivity contribution is 5.27. The van der Waals surface area contributed by atoms with Crippen LogP contribution in [0.25, 0.3) is 0 Å². The van der Waals surface area contributed by atoms with Gasteiger partial charge in [0.25, 0.3) is 0 Å². The van der Waals surface area contributed by atoms with Crippen LogP contribution in [0, 0.1) is 29.6 Å². The number of rotatable bonds is 2. The molecule has 3 aliphatic rings. The maximum atomic E-state index is 9.58. The van der Waals surface area contributed by atoms with Crippen molar-refractivity contribution in [2.45, 2.75) is 39.2 Å². The molecule has 0 radical (unpaired) electrons. The van der Waals surface area contributed by atoms with Crippen LogP contribution in [0.1, 0.15) is 33.1 Å². The zero-order valence-corrected chi connectivity index (χ0v) is 10.3. The zero-order chi connectivity index (χ0) is 11.3. The third kappa shape index (κ3) is 1.48. The molecule has 0 aromatic carbocycles. The van der Waals surface area contributed by atoms with Gasteiger partial charge in [-0.1, -0.05) is 30.7 Å². The van der Waals surface area contributed by atoms with Gasteiger partial charge in [0.05, 0.1) is 6.10 Å². The van der Waals surface area contributed by atoms with E-state index in [-0.39, 0.29) is 6.10 Å². The molecule has 2 fully saturated rings. The van der Waals surface area contributed by atoms with E-state index < -0.39 is 0 Å². The summed E-state index contributed by atoms with van der Waals surface area (Å²) in [5.41, 5.74) is 1.64. The maximum absolute atomic E-state index is 9.58. The molecule has 1 N–H and O–H groups in total. The Morgan fingerprint density at radius 2 is 2.25 bits per heavy atom. The molecule has 0 aromatic rings. The molecule has 0 amide bonds. The van der Waals surface area contributed by atoms with Crippen molar-refractivity contribution in [2.24, 2.45) is 29.6 Å². The Labute approximate surface area is 98.2 Å². The molecular weight excluding hydrogens is 196 g/mol. The van der Waals surface area contributed by atoms with Crippen molar-refractivity contribution in [1.29, 1.82) is 0 Å². The van der Waals surface area contributed by atoms with Crippen molar-refractivity contribution in [3.8, 4) is 0 Å². The molecule has 0 saturated heterocycles. The van der Waals surface area contributed by atoms with E-state index in [1.807, 2.05) is 6.92 Å². The molecule has 2 bridgehead atoms. The molecule has 6 atom stereocenters. The Morgan fingerprint density at radius 3 is 3.00 bits per heavy atom. The summed E-state index contributed by atoms with van der Waals surface area (Å²) >= 11 is 0. The summed E-state index contributed by atoms with van der Waals surface area (Å²) in [5.74, 6) is 3.88. The molecule has 0 heterocycles. The number of hydrogen-bond donors (Lipinski definition) is 1. The Balaban J connectivity index is 1.79. The van der Waals surface area contributed by atoms with Crippen LogP contribution in [0.3, 0.4) is 0 Å². The molecule has 1 heteroatoms. The van der Waals surface area contributed by atoms with Crippen molar-refractivity contribution in [3.05, 3.63) is 23.8 Å². The second kappa shape index (κ2) is 3.73.